The molecule has 4 N–H and O–H groups in total. The van der Waals surface area contributed by atoms with Gasteiger partial charge >= 0.3 is 0 Å². The van der Waals surface area contributed by atoms with Gasteiger partial charge in [-0.2, -0.15) is 0 Å². The molecule has 78 valence electrons. The van der Waals surface area contributed by atoms with E-state index in [1.165, 1.54) is 0 Å². The fourth-order valence-electron chi connectivity index (χ4n) is 1.47. The lowest BCUT2D eigenvalue weighted by atomic mass is 9.99. The first-order chi connectivity index (χ1) is 6.60. The maximum Gasteiger partial charge on any atom is 0.123 e. The number of aryl methyl sites for hydroxylation is 2. The highest BCUT2D eigenvalue weighted by Gasteiger charge is 2.12. The van der Waals surface area contributed by atoms with Gasteiger partial charge in [-0.15, -0.1) is 0 Å². The first-order valence-electron chi connectivity index (χ1n) is 4.79. The maximum atomic E-state index is 9.73. The number of aromatic hydroxyl groups is 1. The Labute approximate surface area is 84.2 Å². The Morgan fingerprint density at radius 2 is 2.07 bits per heavy atom. The molecule has 1 rings (SSSR count). The van der Waals surface area contributed by atoms with Crippen molar-refractivity contribution in [3.8, 4) is 5.75 Å². The van der Waals surface area contributed by atoms with Crippen LogP contribution in [-0.4, -0.2) is 16.8 Å². The number of phenolic OH excluding ortho intramolecular Hbond substituents is 1. The molecule has 14 heavy (non-hydrogen) atoms. The molecule has 1 aromatic carbocycles. The van der Waals surface area contributed by atoms with Crippen LogP contribution in [-0.2, 0) is 6.42 Å². The molecule has 3 heteroatoms. The minimum Gasteiger partial charge on any atom is -0.507 e. The summed E-state index contributed by atoms with van der Waals surface area (Å²) in [6.07, 6.45) is 0.895. The third kappa shape index (κ3) is 2.05. The topological polar surface area (TPSA) is 66.5 Å². The van der Waals surface area contributed by atoms with Crippen molar-refractivity contribution in [2.75, 3.05) is 6.61 Å². The lowest BCUT2D eigenvalue weighted by Crippen LogP contribution is -2.15. The van der Waals surface area contributed by atoms with E-state index >= 15 is 0 Å². The number of nitrogens with two attached hydrogens (primary N) is 1. The SMILES string of the molecule is CCc1cc(C)c(O)c(C(N)CO)c1. The van der Waals surface area contributed by atoms with Gasteiger partial charge in [0, 0.05) is 5.56 Å². The Morgan fingerprint density at radius 3 is 2.57 bits per heavy atom. The van der Waals surface area contributed by atoms with Crippen molar-refractivity contribution in [3.05, 3.63) is 28.8 Å². The Balaban J connectivity index is 3.20. The lowest BCUT2D eigenvalue weighted by molar-refractivity contribution is 0.265. The van der Waals surface area contributed by atoms with Crippen LogP contribution >= 0.6 is 0 Å². The minimum atomic E-state index is -0.500. The van der Waals surface area contributed by atoms with Crippen LogP contribution in [0, 0.1) is 6.92 Å². The summed E-state index contributed by atoms with van der Waals surface area (Å²) in [6, 6.07) is 3.28. The molecule has 0 aliphatic carbocycles. The molecule has 0 aliphatic rings. The standard InChI is InChI=1S/C11H17NO2/c1-3-8-4-7(2)11(14)9(5-8)10(12)6-13/h4-5,10,13-14H,3,6,12H2,1-2H3. The zero-order valence-electron chi connectivity index (χ0n) is 8.62. The first kappa shape index (κ1) is 11.0. The van der Waals surface area contributed by atoms with Gasteiger partial charge in [-0.3, -0.25) is 0 Å². The number of hydrogen-bond donors (Lipinski definition) is 3. The van der Waals surface area contributed by atoms with Crippen molar-refractivity contribution in [1.82, 2.24) is 0 Å². The summed E-state index contributed by atoms with van der Waals surface area (Å²) in [7, 11) is 0. The van der Waals surface area contributed by atoms with Crippen LogP contribution in [0.25, 0.3) is 0 Å². The summed E-state index contributed by atoms with van der Waals surface area (Å²) in [4.78, 5) is 0. The molecule has 0 aromatic heterocycles. The molecule has 3 nitrogen and oxygen atoms in total. The largest absolute Gasteiger partial charge is 0.507 e. The zero-order valence-corrected chi connectivity index (χ0v) is 8.62. The van der Waals surface area contributed by atoms with Crippen molar-refractivity contribution in [2.24, 2.45) is 5.73 Å². The second kappa shape index (κ2) is 4.44. The second-order valence-corrected chi connectivity index (χ2v) is 3.49. The van der Waals surface area contributed by atoms with Crippen LogP contribution in [0.3, 0.4) is 0 Å². The number of aliphatic hydroxyl groups is 1. The van der Waals surface area contributed by atoms with Crippen molar-refractivity contribution in [3.63, 3.8) is 0 Å². The van der Waals surface area contributed by atoms with Gasteiger partial charge in [-0.25, -0.2) is 0 Å². The summed E-state index contributed by atoms with van der Waals surface area (Å²) < 4.78 is 0. The first-order valence-corrected chi connectivity index (χ1v) is 4.79. The normalized spacial score (nSPS) is 12.9. The van der Waals surface area contributed by atoms with Crippen LogP contribution in [0.4, 0.5) is 0 Å². The molecule has 0 amide bonds. The molecule has 1 atom stereocenters. The number of hydrogen-bond acceptors (Lipinski definition) is 3. The van der Waals surface area contributed by atoms with E-state index in [0.29, 0.717) is 5.56 Å². The van der Waals surface area contributed by atoms with E-state index < -0.39 is 6.04 Å². The molecule has 0 saturated carbocycles. The zero-order chi connectivity index (χ0) is 10.7. The van der Waals surface area contributed by atoms with Crippen LogP contribution in [0.15, 0.2) is 12.1 Å². The summed E-state index contributed by atoms with van der Waals surface area (Å²) in [6.45, 7) is 3.72. The second-order valence-electron chi connectivity index (χ2n) is 3.49. The van der Waals surface area contributed by atoms with Gasteiger partial charge in [0.05, 0.1) is 12.6 Å². The maximum absolute atomic E-state index is 9.73. The van der Waals surface area contributed by atoms with Crippen molar-refractivity contribution in [1.29, 1.82) is 0 Å². The number of aliphatic hydroxyl groups excluding tert-OH is 1. The summed E-state index contributed by atoms with van der Waals surface area (Å²) in [5, 5.41) is 18.7. The average Bonchev–Trinajstić information content (AvgIpc) is 2.20. The van der Waals surface area contributed by atoms with E-state index in [2.05, 4.69) is 0 Å². The molecule has 0 radical (unpaired) electrons. The predicted octanol–water partition coefficient (Wildman–Crippen LogP) is 1.26. The number of benzene rings is 1. The van der Waals surface area contributed by atoms with Gasteiger partial charge < -0.3 is 15.9 Å². The van der Waals surface area contributed by atoms with E-state index in [0.717, 1.165) is 17.5 Å². The summed E-state index contributed by atoms with van der Waals surface area (Å²) in [5.41, 5.74) is 8.24. The lowest BCUT2D eigenvalue weighted by Gasteiger charge is -2.14. The van der Waals surface area contributed by atoms with Crippen molar-refractivity contribution in [2.45, 2.75) is 26.3 Å². The molecule has 1 unspecified atom stereocenters. The summed E-state index contributed by atoms with van der Waals surface area (Å²) in [5.74, 6) is 0.198. The third-order valence-corrected chi connectivity index (χ3v) is 2.39. The number of rotatable bonds is 3. The van der Waals surface area contributed by atoms with Gasteiger partial charge in [0.2, 0.25) is 0 Å². The Bertz CT molecular complexity index is 323. The van der Waals surface area contributed by atoms with Crippen molar-refractivity contribution < 1.29 is 10.2 Å². The molecule has 0 spiro atoms. The number of phenols is 1. The average molecular weight is 195 g/mol. The van der Waals surface area contributed by atoms with Gasteiger partial charge in [0.1, 0.15) is 5.75 Å². The third-order valence-electron chi connectivity index (χ3n) is 2.39. The Morgan fingerprint density at radius 1 is 1.43 bits per heavy atom. The molecule has 0 heterocycles. The molecule has 1 aromatic rings. The fraction of sp³-hybridized carbons (Fsp3) is 0.455. The molecular formula is C11H17NO2. The molecule has 0 saturated heterocycles. The van der Waals surface area contributed by atoms with E-state index in [4.69, 9.17) is 10.8 Å². The van der Waals surface area contributed by atoms with E-state index in [9.17, 15) is 5.11 Å². The van der Waals surface area contributed by atoms with Gasteiger partial charge in [-0.05, 0) is 24.5 Å². The van der Waals surface area contributed by atoms with Gasteiger partial charge in [-0.1, -0.05) is 19.1 Å². The van der Waals surface area contributed by atoms with Gasteiger partial charge in [0.15, 0.2) is 0 Å². The van der Waals surface area contributed by atoms with E-state index in [1.54, 1.807) is 0 Å². The monoisotopic (exact) mass is 195 g/mol. The summed E-state index contributed by atoms with van der Waals surface area (Å²) >= 11 is 0. The van der Waals surface area contributed by atoms with E-state index in [1.807, 2.05) is 26.0 Å². The highest BCUT2D eigenvalue weighted by molar-refractivity contribution is 5.44. The molecular weight excluding hydrogens is 178 g/mol. The van der Waals surface area contributed by atoms with E-state index in [-0.39, 0.29) is 12.4 Å². The highest BCUT2D eigenvalue weighted by atomic mass is 16.3. The Hall–Kier alpha value is -1.06. The smallest absolute Gasteiger partial charge is 0.123 e. The minimum absolute atomic E-state index is 0.153. The van der Waals surface area contributed by atoms with Gasteiger partial charge in [0.25, 0.3) is 0 Å². The quantitative estimate of drug-likeness (QED) is 0.680. The predicted molar refractivity (Wildman–Crippen MR) is 56.2 cm³/mol. The molecule has 0 fully saturated rings. The fourth-order valence-corrected chi connectivity index (χ4v) is 1.47. The van der Waals surface area contributed by atoms with Crippen LogP contribution in [0.1, 0.15) is 29.7 Å². The van der Waals surface area contributed by atoms with Crippen LogP contribution < -0.4 is 5.73 Å². The van der Waals surface area contributed by atoms with Crippen LogP contribution in [0.2, 0.25) is 0 Å². The molecule has 0 bridgehead atoms. The molecule has 0 aliphatic heterocycles. The Kier molecular flexibility index (Phi) is 3.49. The van der Waals surface area contributed by atoms with Crippen molar-refractivity contribution >= 4 is 0 Å². The highest BCUT2D eigenvalue weighted by Crippen LogP contribution is 2.28. The van der Waals surface area contributed by atoms with Crippen LogP contribution in [0.5, 0.6) is 5.75 Å².